The van der Waals surface area contributed by atoms with Crippen LogP contribution in [0.1, 0.15) is 57.8 Å². The molecule has 2 bridgehead atoms. The lowest BCUT2D eigenvalue weighted by atomic mass is 9.88. The van der Waals surface area contributed by atoms with Crippen LogP contribution in [0.25, 0.3) is 11.0 Å². The molecule has 2 aliphatic heterocycles. The van der Waals surface area contributed by atoms with Crippen LogP contribution in [0.5, 0.6) is 0 Å². The number of hydrogen-bond donors (Lipinski definition) is 2. The Morgan fingerprint density at radius 2 is 1.96 bits per heavy atom. The Morgan fingerprint density at radius 3 is 2.59 bits per heavy atom. The van der Waals surface area contributed by atoms with Crippen molar-refractivity contribution in [1.82, 2.24) is 20.2 Å². The smallest absolute Gasteiger partial charge is 0.234 e. The van der Waals surface area contributed by atoms with E-state index in [4.69, 9.17) is 4.98 Å². The molecular weight excluding hydrogens is 336 g/mol. The molecule has 2 N–H and O–H groups in total. The molecular formula is C22H32N4O. The third-order valence-corrected chi connectivity index (χ3v) is 6.07. The Bertz CT molecular complexity index is 820. The van der Waals surface area contributed by atoms with E-state index in [9.17, 15) is 4.79 Å². The summed E-state index contributed by atoms with van der Waals surface area (Å²) in [5.74, 6) is 1.93. The van der Waals surface area contributed by atoms with Crippen molar-refractivity contribution in [2.75, 3.05) is 6.54 Å². The first-order valence-corrected chi connectivity index (χ1v) is 10.3. The number of amides is 1. The molecule has 4 rings (SSSR count). The van der Waals surface area contributed by atoms with Crippen LogP contribution < -0.4 is 5.32 Å². The summed E-state index contributed by atoms with van der Waals surface area (Å²) in [6.07, 6.45) is 5.82. The van der Waals surface area contributed by atoms with Crippen molar-refractivity contribution in [3.05, 3.63) is 29.6 Å². The van der Waals surface area contributed by atoms with E-state index in [-0.39, 0.29) is 11.4 Å². The Hall–Kier alpha value is -1.88. The highest BCUT2D eigenvalue weighted by molar-refractivity contribution is 5.79. The molecule has 5 heteroatoms. The summed E-state index contributed by atoms with van der Waals surface area (Å²) in [5.41, 5.74) is 3.32. The largest absolute Gasteiger partial charge is 0.350 e. The minimum Gasteiger partial charge on any atom is -0.350 e. The molecule has 146 valence electrons. The molecule has 2 aromatic rings. The third-order valence-electron chi connectivity index (χ3n) is 6.07. The predicted octanol–water partition coefficient (Wildman–Crippen LogP) is 3.57. The van der Waals surface area contributed by atoms with Gasteiger partial charge >= 0.3 is 0 Å². The molecule has 1 aromatic heterocycles. The van der Waals surface area contributed by atoms with Crippen LogP contribution >= 0.6 is 0 Å². The van der Waals surface area contributed by atoms with E-state index in [1.807, 2.05) is 20.8 Å². The lowest BCUT2D eigenvalue weighted by Gasteiger charge is -2.38. The summed E-state index contributed by atoms with van der Waals surface area (Å²) in [5, 5.41) is 3.11. The van der Waals surface area contributed by atoms with Gasteiger partial charge in [0.25, 0.3) is 0 Å². The molecule has 0 radical (unpaired) electrons. The van der Waals surface area contributed by atoms with Gasteiger partial charge in [0, 0.05) is 24.0 Å². The predicted molar refractivity (Wildman–Crippen MR) is 109 cm³/mol. The van der Waals surface area contributed by atoms with E-state index in [1.54, 1.807) is 0 Å². The molecule has 2 aliphatic rings. The molecule has 0 spiro atoms. The Balaban J connectivity index is 1.39. The van der Waals surface area contributed by atoms with Gasteiger partial charge in [0.2, 0.25) is 5.91 Å². The SMILES string of the molecule is Cc1cccc2[nH]c(C[C@@H]3C[C@H]4CC[C@@H](C3)N4CC(=O)NC(C)(C)C)nc12. The minimum atomic E-state index is -0.159. The van der Waals surface area contributed by atoms with Gasteiger partial charge in [0.1, 0.15) is 5.82 Å². The average Bonchev–Trinajstić information content (AvgIpc) is 3.05. The lowest BCUT2D eigenvalue weighted by molar-refractivity contribution is -0.125. The zero-order valence-corrected chi connectivity index (χ0v) is 17.0. The van der Waals surface area contributed by atoms with Crippen LogP contribution in [0.3, 0.4) is 0 Å². The first kappa shape index (κ1) is 18.5. The van der Waals surface area contributed by atoms with E-state index in [1.165, 1.54) is 31.2 Å². The number of piperidine rings is 1. The second-order valence-electron chi connectivity index (χ2n) is 9.55. The maximum Gasteiger partial charge on any atom is 0.234 e. The number of hydrogen-bond acceptors (Lipinski definition) is 3. The number of aromatic amines is 1. The van der Waals surface area contributed by atoms with Crippen molar-refractivity contribution < 1.29 is 4.79 Å². The van der Waals surface area contributed by atoms with Gasteiger partial charge in [-0.3, -0.25) is 9.69 Å². The minimum absolute atomic E-state index is 0.158. The normalized spacial score (nSPS) is 25.9. The summed E-state index contributed by atoms with van der Waals surface area (Å²) >= 11 is 0. The molecule has 27 heavy (non-hydrogen) atoms. The monoisotopic (exact) mass is 368 g/mol. The highest BCUT2D eigenvalue weighted by Gasteiger charge is 2.41. The van der Waals surface area contributed by atoms with E-state index in [0.29, 0.717) is 24.5 Å². The molecule has 2 saturated heterocycles. The number of imidazole rings is 1. The third kappa shape index (κ3) is 4.03. The number of rotatable bonds is 4. The molecule has 2 fully saturated rings. The fourth-order valence-corrected chi connectivity index (χ4v) is 5.03. The van der Waals surface area contributed by atoms with Gasteiger partial charge in [-0.2, -0.15) is 0 Å². The molecule has 0 aliphatic carbocycles. The number of fused-ring (bicyclic) bond motifs is 3. The van der Waals surface area contributed by atoms with E-state index in [0.717, 1.165) is 23.3 Å². The van der Waals surface area contributed by atoms with Crippen LogP contribution in [-0.4, -0.2) is 44.9 Å². The summed E-state index contributed by atoms with van der Waals surface area (Å²) < 4.78 is 0. The van der Waals surface area contributed by atoms with Gasteiger partial charge in [-0.1, -0.05) is 12.1 Å². The van der Waals surface area contributed by atoms with Crippen LogP contribution in [0.2, 0.25) is 0 Å². The van der Waals surface area contributed by atoms with Gasteiger partial charge < -0.3 is 10.3 Å². The molecule has 3 atom stereocenters. The number of aromatic nitrogens is 2. The fraction of sp³-hybridized carbons (Fsp3) is 0.636. The standard InChI is InChI=1S/C22H32N4O/c1-14-6-5-7-18-21(14)24-19(23-18)12-15-10-16-8-9-17(11-15)26(16)13-20(27)25-22(2,3)4/h5-7,15-17H,8-13H2,1-4H3,(H,23,24)(H,25,27)/t15-,16-,17+. The first-order valence-electron chi connectivity index (χ1n) is 10.3. The van der Waals surface area contributed by atoms with Crippen molar-refractivity contribution in [3.63, 3.8) is 0 Å². The second kappa shape index (κ2) is 6.93. The molecule has 0 unspecified atom stereocenters. The van der Waals surface area contributed by atoms with E-state index < -0.39 is 0 Å². The molecule has 1 amide bonds. The summed E-state index contributed by atoms with van der Waals surface area (Å²) in [4.78, 5) is 23.2. The maximum absolute atomic E-state index is 12.4. The number of carbonyl (C=O) groups is 1. The highest BCUT2D eigenvalue weighted by atomic mass is 16.2. The zero-order valence-electron chi connectivity index (χ0n) is 17.0. The number of carbonyl (C=O) groups excluding carboxylic acids is 1. The van der Waals surface area contributed by atoms with Crippen LogP contribution in [0.4, 0.5) is 0 Å². The second-order valence-corrected chi connectivity index (χ2v) is 9.55. The molecule has 5 nitrogen and oxygen atoms in total. The van der Waals surface area contributed by atoms with Gasteiger partial charge in [-0.05, 0) is 70.9 Å². The van der Waals surface area contributed by atoms with Crippen molar-refractivity contribution in [2.24, 2.45) is 5.92 Å². The number of para-hydroxylation sites is 1. The lowest BCUT2D eigenvalue weighted by Crippen LogP contribution is -2.51. The number of benzene rings is 1. The summed E-state index contributed by atoms with van der Waals surface area (Å²) in [6.45, 7) is 8.79. The van der Waals surface area contributed by atoms with E-state index >= 15 is 0 Å². The molecule has 0 saturated carbocycles. The zero-order chi connectivity index (χ0) is 19.2. The Labute approximate surface area is 161 Å². The number of nitrogens with one attached hydrogen (secondary N) is 2. The summed E-state index contributed by atoms with van der Waals surface area (Å²) in [6, 6.07) is 7.41. The number of nitrogens with zero attached hydrogens (tertiary/aromatic N) is 2. The average molecular weight is 369 g/mol. The van der Waals surface area contributed by atoms with Crippen molar-refractivity contribution in [3.8, 4) is 0 Å². The Morgan fingerprint density at radius 1 is 1.26 bits per heavy atom. The summed E-state index contributed by atoms with van der Waals surface area (Å²) in [7, 11) is 0. The van der Waals surface area contributed by atoms with Crippen LogP contribution in [0.15, 0.2) is 18.2 Å². The van der Waals surface area contributed by atoms with Crippen molar-refractivity contribution in [2.45, 2.75) is 77.4 Å². The van der Waals surface area contributed by atoms with E-state index in [2.05, 4.69) is 40.3 Å². The number of H-pyrrole nitrogens is 1. The maximum atomic E-state index is 12.4. The first-order chi connectivity index (χ1) is 12.8. The highest BCUT2D eigenvalue weighted by Crippen LogP contribution is 2.39. The fourth-order valence-electron chi connectivity index (χ4n) is 5.03. The number of aryl methyl sites for hydroxylation is 1. The van der Waals surface area contributed by atoms with Crippen LogP contribution in [0, 0.1) is 12.8 Å². The molecule has 1 aromatic carbocycles. The topological polar surface area (TPSA) is 61.0 Å². The van der Waals surface area contributed by atoms with Crippen LogP contribution in [-0.2, 0) is 11.2 Å². The quantitative estimate of drug-likeness (QED) is 0.867. The van der Waals surface area contributed by atoms with Gasteiger partial charge in [0.15, 0.2) is 0 Å². The Kier molecular flexibility index (Phi) is 4.75. The van der Waals surface area contributed by atoms with Crippen molar-refractivity contribution in [1.29, 1.82) is 0 Å². The van der Waals surface area contributed by atoms with Gasteiger partial charge in [-0.15, -0.1) is 0 Å². The van der Waals surface area contributed by atoms with Gasteiger partial charge in [-0.25, -0.2) is 4.98 Å². The van der Waals surface area contributed by atoms with Crippen molar-refractivity contribution >= 4 is 16.9 Å². The van der Waals surface area contributed by atoms with Gasteiger partial charge in [0.05, 0.1) is 17.6 Å². The molecule has 3 heterocycles.